The van der Waals surface area contributed by atoms with Gasteiger partial charge in [-0.1, -0.05) is 134 Å². The van der Waals surface area contributed by atoms with Crippen molar-refractivity contribution in [2.45, 2.75) is 46.0 Å². The van der Waals surface area contributed by atoms with Gasteiger partial charge in [-0.15, -0.1) is 113 Å². The number of anilines is 1. The second kappa shape index (κ2) is 33.3. The van der Waals surface area contributed by atoms with E-state index in [2.05, 4.69) is 133 Å². The van der Waals surface area contributed by atoms with Gasteiger partial charge in [0.15, 0.2) is 0 Å². The smallest absolute Gasteiger partial charge is 0.116 e. The molecule has 0 atom stereocenters. The molecule has 1 aliphatic carbocycles. The van der Waals surface area contributed by atoms with Crippen LogP contribution in [0.15, 0.2) is 242 Å². The summed E-state index contributed by atoms with van der Waals surface area (Å²) in [7, 11) is 2.00. The summed E-state index contributed by atoms with van der Waals surface area (Å²) >= 11 is 0. The Labute approximate surface area is 593 Å². The molecule has 0 amide bonds. The van der Waals surface area contributed by atoms with Crippen LogP contribution in [0.4, 0.5) is 14.5 Å². The van der Waals surface area contributed by atoms with Gasteiger partial charge < -0.3 is 29.2 Å². The van der Waals surface area contributed by atoms with Crippen LogP contribution in [-0.4, -0.2) is 36.7 Å². The minimum absolute atomic E-state index is 0. The number of aromatic nitrogens is 5. The van der Waals surface area contributed by atoms with E-state index in [4.69, 9.17) is 4.42 Å². The summed E-state index contributed by atoms with van der Waals surface area (Å²) in [6, 6.07) is 77.5. The monoisotopic (exact) mass is 2080 g/mol. The third-order valence-corrected chi connectivity index (χ3v) is 14.7. The van der Waals surface area contributed by atoms with Gasteiger partial charge in [-0.05, 0) is 107 Å². The van der Waals surface area contributed by atoms with E-state index in [-0.39, 0.29) is 118 Å². The average Bonchev–Trinajstić information content (AvgIpc) is 1.60. The normalized spacial score (nSPS) is 11.8. The number of pyridine rings is 3. The number of para-hydroxylation sites is 1. The van der Waals surface area contributed by atoms with E-state index in [1.807, 2.05) is 163 Å². The Morgan fingerprint density at radius 3 is 1.87 bits per heavy atom. The number of rotatable bonds is 6. The number of aryl methyl sites for hydroxylation is 1. The largest absolute Gasteiger partial charge is 0.514 e. The Morgan fingerprint density at radius 1 is 0.544 bits per heavy atom. The molecular formula is C75H59F2Ir5N7O-6. The van der Waals surface area contributed by atoms with Crippen LogP contribution in [0.1, 0.15) is 55.9 Å². The predicted molar refractivity (Wildman–Crippen MR) is 338 cm³/mol. The second-order valence-corrected chi connectivity index (χ2v) is 21.3. The molecule has 90 heavy (non-hydrogen) atoms. The second-order valence-electron chi connectivity index (χ2n) is 21.3. The maximum absolute atomic E-state index is 12.8. The molecule has 2 aliphatic rings. The summed E-state index contributed by atoms with van der Waals surface area (Å²) in [6.45, 7) is 12.8. The zero-order valence-electron chi connectivity index (χ0n) is 49.6. The van der Waals surface area contributed by atoms with Gasteiger partial charge >= 0.3 is 0 Å². The van der Waals surface area contributed by atoms with Gasteiger partial charge in [-0.25, -0.2) is 0 Å². The molecule has 0 fully saturated rings. The predicted octanol–water partition coefficient (Wildman–Crippen LogP) is 18.2. The molecule has 6 heterocycles. The molecule has 0 N–H and O–H groups in total. The summed E-state index contributed by atoms with van der Waals surface area (Å²) in [5.74, 6) is -0.0904. The zero-order chi connectivity index (χ0) is 58.9. The Bertz CT molecular complexity index is 4430. The van der Waals surface area contributed by atoms with Crippen molar-refractivity contribution in [3.05, 3.63) is 308 Å². The first-order valence-electron chi connectivity index (χ1n) is 27.9. The van der Waals surface area contributed by atoms with Crippen LogP contribution in [0.5, 0.6) is 0 Å². The zero-order valence-corrected chi connectivity index (χ0v) is 61.6. The minimum atomic E-state index is -0.276. The summed E-state index contributed by atoms with van der Waals surface area (Å²) in [5, 5.41) is 8.95. The first-order valence-corrected chi connectivity index (χ1v) is 27.9. The van der Waals surface area contributed by atoms with Crippen molar-refractivity contribution in [2.24, 2.45) is 0 Å². The number of halogens is 2. The van der Waals surface area contributed by atoms with E-state index in [1.54, 1.807) is 30.7 Å². The Balaban J connectivity index is 0.000000178. The van der Waals surface area contributed by atoms with Crippen LogP contribution in [0.2, 0.25) is 0 Å². The fourth-order valence-electron chi connectivity index (χ4n) is 10.3. The van der Waals surface area contributed by atoms with Crippen LogP contribution in [0.3, 0.4) is 0 Å². The first kappa shape index (κ1) is 72.0. The van der Waals surface area contributed by atoms with Crippen molar-refractivity contribution in [3.8, 4) is 50.6 Å². The van der Waals surface area contributed by atoms with Gasteiger partial charge in [0.25, 0.3) is 0 Å². The Hall–Kier alpha value is -7.07. The van der Waals surface area contributed by atoms with E-state index in [0.717, 1.165) is 72.6 Å². The van der Waals surface area contributed by atoms with Gasteiger partial charge in [0.05, 0.1) is 0 Å². The SMILES string of the molecule is CC(C)c1ccnc(-c2[c-]cc(F)cc2)c1.CC1(C)c2ccccc2-c2c[c-]c(-n3cccn3)cc21.CN1C=CN(c2[c-]ccc3c2oc2ccccc23)[CH-]1.Cc1ccnc(-c2[c-]cc(F)cc2)c1.[Ir].[Ir].[Ir].[Ir].[Ir].[c-]1ccccc1-c1nccc2ccccc12. The fourth-order valence-corrected chi connectivity index (χ4v) is 10.3. The summed E-state index contributed by atoms with van der Waals surface area (Å²) < 4.78 is 33.2. The molecule has 15 heteroatoms. The molecule has 8 nitrogen and oxygen atoms in total. The molecule has 0 bridgehead atoms. The topological polar surface area (TPSA) is 76.1 Å². The van der Waals surface area contributed by atoms with E-state index < -0.39 is 0 Å². The summed E-state index contributed by atoms with van der Waals surface area (Å²) in [6.07, 6.45) is 13.1. The summed E-state index contributed by atoms with van der Waals surface area (Å²) in [5.41, 5.74) is 16.8. The van der Waals surface area contributed by atoms with Crippen molar-refractivity contribution in [1.29, 1.82) is 0 Å². The van der Waals surface area contributed by atoms with Crippen LogP contribution in [0.25, 0.3) is 83.3 Å². The van der Waals surface area contributed by atoms with Gasteiger partial charge in [-0.3, -0.25) is 13.5 Å². The number of benzene rings is 8. The maximum atomic E-state index is 12.8. The van der Waals surface area contributed by atoms with Crippen molar-refractivity contribution in [1.82, 2.24) is 29.6 Å². The number of hydrogen-bond donors (Lipinski definition) is 0. The van der Waals surface area contributed by atoms with Gasteiger partial charge in [0, 0.05) is 154 Å². The van der Waals surface area contributed by atoms with Crippen LogP contribution < -0.4 is 4.90 Å². The Kier molecular flexibility index (Phi) is 26.6. The molecule has 0 spiro atoms. The molecule has 1 aliphatic heterocycles. The number of furan rings is 1. The molecule has 8 aromatic carbocycles. The first-order chi connectivity index (χ1) is 41.4. The van der Waals surface area contributed by atoms with Crippen LogP contribution in [-0.2, 0) is 106 Å². The standard InChI is InChI=1S/C18H15N2.C16H12N2O.C15H10N.C14H13FN.C12H9FN.5Ir/c1-18(2)16-7-4-3-6-14(16)15-9-8-13(12-17(15)18)20-11-5-10-19-20;1-17-9-10-18(11-17)14-7-4-6-13-12-5-2-3-8-15(12)19-16(13)14;1-2-7-13(8-3-1)15-14-9-5-4-6-12(14)10-11-16-15;1-10(2)12-7-8-16-14(9-12)11-3-5-13(15)6-4-11;1-9-6-7-14-12(8-9)10-2-4-11(13)5-3-10;;;;;/h3-7,9-12H,1-2H3;2-6,8-11H,1H3;1-7,9-11H;3,5-10H,1-2H3;2,4-8H,1H3;;;;;/q-1;-2;3*-1;;;;;. The van der Waals surface area contributed by atoms with E-state index >= 15 is 0 Å². The maximum Gasteiger partial charge on any atom is 0.116 e. The molecule has 0 saturated carbocycles. The fraction of sp³-hybridized carbons (Fsp3) is 0.107. The van der Waals surface area contributed by atoms with Gasteiger partial charge in [0.1, 0.15) is 5.58 Å². The van der Waals surface area contributed by atoms with E-state index in [9.17, 15) is 8.78 Å². The van der Waals surface area contributed by atoms with Crippen molar-refractivity contribution in [2.75, 3.05) is 11.9 Å². The molecule has 15 rings (SSSR count). The van der Waals surface area contributed by atoms with E-state index in [0.29, 0.717) is 5.92 Å². The van der Waals surface area contributed by atoms with Crippen molar-refractivity contribution in [3.63, 3.8) is 0 Å². The molecule has 5 radical (unpaired) electrons. The summed E-state index contributed by atoms with van der Waals surface area (Å²) in [4.78, 5) is 16.9. The minimum Gasteiger partial charge on any atom is -0.514 e. The Morgan fingerprint density at radius 2 is 1.21 bits per heavy atom. The van der Waals surface area contributed by atoms with Crippen LogP contribution in [0, 0.1) is 55.6 Å². The number of hydrogen-bond acceptors (Lipinski definition) is 7. The van der Waals surface area contributed by atoms with Gasteiger partial charge in [0.2, 0.25) is 0 Å². The van der Waals surface area contributed by atoms with Gasteiger partial charge in [-0.2, -0.15) is 42.1 Å². The van der Waals surface area contributed by atoms with Crippen molar-refractivity contribution >= 4 is 38.4 Å². The molecule has 13 aromatic rings. The molecular weight excluding hydrogens is 2010 g/mol. The molecule has 0 saturated heterocycles. The van der Waals surface area contributed by atoms with Crippen LogP contribution >= 0.6 is 0 Å². The van der Waals surface area contributed by atoms with Crippen molar-refractivity contribution < 1.29 is 114 Å². The molecule has 0 unspecified atom stereocenters. The quantitative estimate of drug-likeness (QED) is 0.154. The molecule has 465 valence electrons. The third-order valence-electron chi connectivity index (χ3n) is 14.7. The number of fused-ring (bicyclic) bond motifs is 7. The number of nitrogens with zero attached hydrogens (tertiary/aromatic N) is 7. The van der Waals surface area contributed by atoms with E-state index in [1.165, 1.54) is 62.9 Å². The average molecular weight is 2070 g/mol. The molecule has 5 aromatic heterocycles. The third kappa shape index (κ3) is 16.9.